The number of aromatic nitrogens is 2. The maximum Gasteiger partial charge on any atom is 0.323 e. The SMILES string of the molecule is COc1ccc(N2CCN(C(=O)Nc3nc4cc(OC)ccc4nc3OC)CC2)cc1. The monoisotopic (exact) mass is 423 g/mol. The van der Waals surface area contributed by atoms with Gasteiger partial charge in [0.1, 0.15) is 11.5 Å². The number of methoxy groups -OCH3 is 3. The zero-order valence-electron chi connectivity index (χ0n) is 17.8. The average molecular weight is 423 g/mol. The Labute approximate surface area is 180 Å². The van der Waals surface area contributed by atoms with Crippen molar-refractivity contribution in [3.63, 3.8) is 0 Å². The maximum absolute atomic E-state index is 12.9. The van der Waals surface area contributed by atoms with E-state index in [2.05, 4.69) is 20.2 Å². The lowest BCUT2D eigenvalue weighted by molar-refractivity contribution is 0.208. The topological polar surface area (TPSA) is 89.1 Å². The molecule has 162 valence electrons. The number of anilines is 2. The molecule has 0 atom stereocenters. The van der Waals surface area contributed by atoms with E-state index in [1.54, 1.807) is 37.3 Å². The molecule has 1 aliphatic heterocycles. The molecule has 4 rings (SSSR count). The van der Waals surface area contributed by atoms with Crippen molar-refractivity contribution in [3.05, 3.63) is 42.5 Å². The number of carbonyl (C=O) groups is 1. The van der Waals surface area contributed by atoms with E-state index in [0.29, 0.717) is 29.9 Å². The quantitative estimate of drug-likeness (QED) is 0.675. The van der Waals surface area contributed by atoms with Gasteiger partial charge in [0.05, 0.1) is 32.4 Å². The smallest absolute Gasteiger partial charge is 0.323 e. The molecule has 0 spiro atoms. The summed E-state index contributed by atoms with van der Waals surface area (Å²) in [6, 6.07) is 13.1. The van der Waals surface area contributed by atoms with Crippen molar-refractivity contribution < 1.29 is 19.0 Å². The van der Waals surface area contributed by atoms with Crippen molar-refractivity contribution >= 4 is 28.6 Å². The van der Waals surface area contributed by atoms with Crippen LogP contribution in [0.5, 0.6) is 17.4 Å². The van der Waals surface area contributed by atoms with Gasteiger partial charge in [-0.25, -0.2) is 14.8 Å². The third-order valence-corrected chi connectivity index (χ3v) is 5.26. The molecule has 1 fully saturated rings. The minimum atomic E-state index is -0.232. The predicted octanol–water partition coefficient (Wildman–Crippen LogP) is 3.01. The number of hydrogen-bond donors (Lipinski definition) is 1. The van der Waals surface area contributed by atoms with Gasteiger partial charge in [-0.05, 0) is 36.4 Å². The first-order valence-electron chi connectivity index (χ1n) is 9.96. The molecule has 0 unspecified atom stereocenters. The zero-order chi connectivity index (χ0) is 21.8. The lowest BCUT2D eigenvalue weighted by Gasteiger charge is -2.36. The lowest BCUT2D eigenvalue weighted by Crippen LogP contribution is -2.50. The van der Waals surface area contributed by atoms with Gasteiger partial charge in [-0.3, -0.25) is 5.32 Å². The number of ether oxygens (including phenoxy) is 3. The molecule has 9 nitrogen and oxygen atoms in total. The summed E-state index contributed by atoms with van der Waals surface area (Å²) < 4.78 is 15.8. The highest BCUT2D eigenvalue weighted by molar-refractivity contribution is 5.91. The number of piperazine rings is 1. The molecule has 1 saturated heterocycles. The lowest BCUT2D eigenvalue weighted by atomic mass is 10.2. The number of nitrogens with one attached hydrogen (secondary N) is 1. The van der Waals surface area contributed by atoms with Crippen molar-refractivity contribution in [2.24, 2.45) is 0 Å². The number of hydrogen-bond acceptors (Lipinski definition) is 7. The number of benzene rings is 2. The molecule has 0 bridgehead atoms. The van der Waals surface area contributed by atoms with Gasteiger partial charge in [0.2, 0.25) is 0 Å². The largest absolute Gasteiger partial charge is 0.497 e. The Morgan fingerprint density at radius 2 is 1.52 bits per heavy atom. The van der Waals surface area contributed by atoms with Crippen molar-refractivity contribution in [1.82, 2.24) is 14.9 Å². The van der Waals surface area contributed by atoms with Crippen LogP contribution in [0.15, 0.2) is 42.5 Å². The summed E-state index contributed by atoms with van der Waals surface area (Å²) in [7, 11) is 4.74. The first-order chi connectivity index (χ1) is 15.1. The number of amides is 2. The number of rotatable bonds is 5. The molecule has 0 radical (unpaired) electrons. The van der Waals surface area contributed by atoms with Gasteiger partial charge in [0.25, 0.3) is 5.88 Å². The molecule has 0 aliphatic carbocycles. The van der Waals surface area contributed by atoms with Crippen LogP contribution in [-0.2, 0) is 0 Å². The second-order valence-electron chi connectivity index (χ2n) is 7.04. The van der Waals surface area contributed by atoms with Crippen LogP contribution in [0.1, 0.15) is 0 Å². The number of fused-ring (bicyclic) bond motifs is 1. The molecular formula is C22H25N5O4. The van der Waals surface area contributed by atoms with Crippen LogP contribution >= 0.6 is 0 Å². The molecule has 3 aromatic rings. The van der Waals surface area contributed by atoms with E-state index < -0.39 is 0 Å². The summed E-state index contributed by atoms with van der Waals surface area (Å²) in [5, 5.41) is 2.84. The van der Waals surface area contributed by atoms with Crippen LogP contribution in [0.3, 0.4) is 0 Å². The standard InChI is InChI=1S/C22H25N5O4/c1-29-16-6-4-15(5-7-16)26-10-12-27(13-11-26)22(28)25-20-21(31-3)24-18-9-8-17(30-2)14-19(18)23-20/h4-9,14H,10-13H2,1-3H3,(H,23,25,28). The van der Waals surface area contributed by atoms with Crippen LogP contribution in [0.4, 0.5) is 16.3 Å². The van der Waals surface area contributed by atoms with E-state index in [9.17, 15) is 4.79 Å². The Hall–Kier alpha value is -3.75. The maximum atomic E-state index is 12.9. The van der Waals surface area contributed by atoms with E-state index in [4.69, 9.17) is 14.2 Å². The van der Waals surface area contributed by atoms with Crippen molar-refractivity contribution in [2.75, 3.05) is 57.7 Å². The summed E-state index contributed by atoms with van der Waals surface area (Å²) in [4.78, 5) is 25.8. The van der Waals surface area contributed by atoms with Gasteiger partial charge >= 0.3 is 6.03 Å². The van der Waals surface area contributed by atoms with E-state index >= 15 is 0 Å². The highest BCUT2D eigenvalue weighted by atomic mass is 16.5. The first-order valence-corrected chi connectivity index (χ1v) is 9.96. The van der Waals surface area contributed by atoms with Crippen molar-refractivity contribution in [3.8, 4) is 17.4 Å². The van der Waals surface area contributed by atoms with Gasteiger partial charge in [-0.15, -0.1) is 0 Å². The summed E-state index contributed by atoms with van der Waals surface area (Å²) in [5.41, 5.74) is 2.38. The van der Waals surface area contributed by atoms with Crippen molar-refractivity contribution in [2.45, 2.75) is 0 Å². The molecule has 1 aromatic heterocycles. The molecule has 1 aliphatic rings. The Morgan fingerprint density at radius 1 is 0.839 bits per heavy atom. The third kappa shape index (κ3) is 4.40. The molecule has 9 heteroatoms. The Morgan fingerprint density at radius 3 is 2.16 bits per heavy atom. The number of carbonyl (C=O) groups excluding carboxylic acids is 1. The van der Waals surface area contributed by atoms with Gasteiger partial charge in [-0.2, -0.15) is 0 Å². The minimum absolute atomic E-state index is 0.232. The molecule has 31 heavy (non-hydrogen) atoms. The van der Waals surface area contributed by atoms with E-state index in [0.717, 1.165) is 24.5 Å². The van der Waals surface area contributed by atoms with Crippen LogP contribution in [-0.4, -0.2) is 68.4 Å². The van der Waals surface area contributed by atoms with Gasteiger partial charge in [0.15, 0.2) is 5.82 Å². The summed E-state index contributed by atoms with van der Waals surface area (Å²) in [6.07, 6.45) is 0. The molecular weight excluding hydrogens is 398 g/mol. The average Bonchev–Trinajstić information content (AvgIpc) is 2.83. The van der Waals surface area contributed by atoms with Crippen LogP contribution in [0.2, 0.25) is 0 Å². The van der Waals surface area contributed by atoms with Crippen LogP contribution in [0.25, 0.3) is 11.0 Å². The third-order valence-electron chi connectivity index (χ3n) is 5.26. The Balaban J connectivity index is 1.44. The fraction of sp³-hybridized carbons (Fsp3) is 0.318. The van der Waals surface area contributed by atoms with Gasteiger partial charge < -0.3 is 24.0 Å². The fourth-order valence-electron chi connectivity index (χ4n) is 3.51. The van der Waals surface area contributed by atoms with Crippen LogP contribution in [0, 0.1) is 0 Å². The highest BCUT2D eigenvalue weighted by Gasteiger charge is 2.23. The van der Waals surface area contributed by atoms with E-state index in [1.165, 1.54) is 7.11 Å². The molecule has 2 aromatic carbocycles. The van der Waals surface area contributed by atoms with Gasteiger partial charge in [-0.1, -0.05) is 0 Å². The zero-order valence-corrected chi connectivity index (χ0v) is 17.8. The first kappa shape index (κ1) is 20.5. The number of nitrogens with zero attached hydrogens (tertiary/aromatic N) is 4. The summed E-state index contributed by atoms with van der Waals surface area (Å²) in [5.74, 6) is 2.04. The second-order valence-corrected chi connectivity index (χ2v) is 7.04. The normalized spacial score (nSPS) is 13.8. The summed E-state index contributed by atoms with van der Waals surface area (Å²) in [6.45, 7) is 2.65. The van der Waals surface area contributed by atoms with E-state index in [-0.39, 0.29) is 17.7 Å². The van der Waals surface area contributed by atoms with Gasteiger partial charge in [0, 0.05) is 37.9 Å². The number of urea groups is 1. The van der Waals surface area contributed by atoms with Crippen molar-refractivity contribution in [1.29, 1.82) is 0 Å². The minimum Gasteiger partial charge on any atom is -0.497 e. The Bertz CT molecular complexity index is 1070. The van der Waals surface area contributed by atoms with E-state index in [1.807, 2.05) is 24.3 Å². The highest BCUT2D eigenvalue weighted by Crippen LogP contribution is 2.26. The fourth-order valence-corrected chi connectivity index (χ4v) is 3.51. The molecule has 0 saturated carbocycles. The Kier molecular flexibility index (Phi) is 5.92. The second kappa shape index (κ2) is 8.95. The molecule has 2 amide bonds. The summed E-state index contributed by atoms with van der Waals surface area (Å²) >= 11 is 0. The predicted molar refractivity (Wildman–Crippen MR) is 118 cm³/mol. The molecule has 2 heterocycles. The molecule has 1 N–H and O–H groups in total. The van der Waals surface area contributed by atoms with Crippen LogP contribution < -0.4 is 24.4 Å².